The number of nitrogens with zero attached hydrogens (tertiary/aromatic N) is 2. The number of rotatable bonds is 7. The van der Waals surface area contributed by atoms with Crippen LogP contribution in [0.4, 0.5) is 0 Å². The Kier molecular flexibility index (Phi) is 5.41. The Hall–Kier alpha value is -2.01. The van der Waals surface area contributed by atoms with Crippen molar-refractivity contribution < 1.29 is 14.4 Å². The van der Waals surface area contributed by atoms with Gasteiger partial charge in [-0.1, -0.05) is 18.1 Å². The van der Waals surface area contributed by atoms with Crippen LogP contribution in [0.1, 0.15) is 56.2 Å². The standard InChI is InChI=1S/C19H26N2O3/c1-3-6-15-12-16(20-24-15)17-7-5-10-21(17)13-14-8-9-18(22)19(11-14)23-4-2/h8-9,11-12,17,22H,3-7,10,13H2,1-2H3/t17-/m0/s1. The normalized spacial score (nSPS) is 18.2. The summed E-state index contributed by atoms with van der Waals surface area (Å²) in [5.41, 5.74) is 2.18. The van der Waals surface area contributed by atoms with E-state index in [9.17, 15) is 5.11 Å². The van der Waals surface area contributed by atoms with Crippen LogP contribution in [-0.2, 0) is 13.0 Å². The molecule has 1 aromatic heterocycles. The van der Waals surface area contributed by atoms with Crippen LogP contribution in [0.15, 0.2) is 28.8 Å². The first-order valence-electron chi connectivity index (χ1n) is 8.85. The third kappa shape index (κ3) is 3.73. The van der Waals surface area contributed by atoms with Gasteiger partial charge < -0.3 is 14.4 Å². The summed E-state index contributed by atoms with van der Waals surface area (Å²) in [5, 5.41) is 14.1. The van der Waals surface area contributed by atoms with E-state index in [-0.39, 0.29) is 5.75 Å². The Morgan fingerprint density at radius 3 is 3.00 bits per heavy atom. The zero-order valence-corrected chi connectivity index (χ0v) is 14.5. The second-order valence-electron chi connectivity index (χ2n) is 6.33. The van der Waals surface area contributed by atoms with Gasteiger partial charge in [0.25, 0.3) is 0 Å². The number of hydrogen-bond acceptors (Lipinski definition) is 5. The highest BCUT2D eigenvalue weighted by molar-refractivity contribution is 5.41. The molecule has 1 saturated heterocycles. The van der Waals surface area contributed by atoms with Gasteiger partial charge in [-0.2, -0.15) is 0 Å². The molecule has 2 aromatic rings. The van der Waals surface area contributed by atoms with E-state index >= 15 is 0 Å². The predicted molar refractivity (Wildman–Crippen MR) is 92.2 cm³/mol. The molecule has 0 saturated carbocycles. The molecule has 0 bridgehead atoms. The van der Waals surface area contributed by atoms with Crippen molar-refractivity contribution in [1.82, 2.24) is 10.1 Å². The first kappa shape index (κ1) is 16.8. The number of aryl methyl sites for hydroxylation is 1. The summed E-state index contributed by atoms with van der Waals surface area (Å²) in [5.74, 6) is 1.72. The van der Waals surface area contributed by atoms with Crippen molar-refractivity contribution in [1.29, 1.82) is 0 Å². The van der Waals surface area contributed by atoms with E-state index in [2.05, 4.69) is 23.0 Å². The first-order valence-corrected chi connectivity index (χ1v) is 8.85. The molecule has 5 nitrogen and oxygen atoms in total. The molecule has 1 fully saturated rings. The molecule has 0 unspecified atom stereocenters. The minimum Gasteiger partial charge on any atom is -0.504 e. The van der Waals surface area contributed by atoms with E-state index in [0.717, 1.165) is 55.8 Å². The number of benzene rings is 1. The van der Waals surface area contributed by atoms with Crippen molar-refractivity contribution in [2.75, 3.05) is 13.2 Å². The minimum atomic E-state index is 0.194. The SMILES string of the molecule is CCCc1cc([C@@H]2CCCN2Cc2ccc(O)c(OCC)c2)no1. The van der Waals surface area contributed by atoms with Gasteiger partial charge in [0.15, 0.2) is 11.5 Å². The van der Waals surface area contributed by atoms with Gasteiger partial charge in [0, 0.05) is 19.0 Å². The third-order valence-corrected chi connectivity index (χ3v) is 4.49. The number of ether oxygens (including phenoxy) is 1. The summed E-state index contributed by atoms with van der Waals surface area (Å²) in [6.07, 6.45) is 4.28. The van der Waals surface area contributed by atoms with Crippen LogP contribution >= 0.6 is 0 Å². The lowest BCUT2D eigenvalue weighted by molar-refractivity contribution is 0.235. The van der Waals surface area contributed by atoms with Crippen LogP contribution in [0, 0.1) is 0 Å². The molecule has 1 aliphatic heterocycles. The smallest absolute Gasteiger partial charge is 0.161 e. The van der Waals surface area contributed by atoms with E-state index in [4.69, 9.17) is 9.26 Å². The highest BCUT2D eigenvalue weighted by atomic mass is 16.5. The molecule has 5 heteroatoms. The average molecular weight is 330 g/mol. The summed E-state index contributed by atoms with van der Waals surface area (Å²) in [4.78, 5) is 2.43. The molecule has 0 aliphatic carbocycles. The fraction of sp³-hybridized carbons (Fsp3) is 0.526. The van der Waals surface area contributed by atoms with E-state index in [1.807, 2.05) is 19.1 Å². The number of phenolic OH excluding ortho intramolecular Hbond substituents is 1. The van der Waals surface area contributed by atoms with Gasteiger partial charge in [0.1, 0.15) is 11.5 Å². The van der Waals surface area contributed by atoms with Gasteiger partial charge >= 0.3 is 0 Å². The lowest BCUT2D eigenvalue weighted by atomic mass is 10.1. The van der Waals surface area contributed by atoms with Crippen LogP contribution in [0.25, 0.3) is 0 Å². The fourth-order valence-corrected chi connectivity index (χ4v) is 3.36. The van der Waals surface area contributed by atoms with Gasteiger partial charge in [-0.05, 0) is 50.4 Å². The Morgan fingerprint density at radius 2 is 2.21 bits per heavy atom. The number of likely N-dealkylation sites (tertiary alicyclic amines) is 1. The molecular formula is C19H26N2O3. The quantitative estimate of drug-likeness (QED) is 0.829. The summed E-state index contributed by atoms with van der Waals surface area (Å²) < 4.78 is 10.9. The van der Waals surface area contributed by atoms with Gasteiger partial charge in [-0.25, -0.2) is 0 Å². The molecule has 2 heterocycles. The van der Waals surface area contributed by atoms with Crippen molar-refractivity contribution in [2.24, 2.45) is 0 Å². The zero-order valence-electron chi connectivity index (χ0n) is 14.5. The predicted octanol–water partition coefficient (Wildman–Crippen LogP) is 4.07. The molecule has 1 N–H and O–H groups in total. The number of aromatic hydroxyl groups is 1. The number of phenols is 1. The van der Waals surface area contributed by atoms with Gasteiger partial charge in [-0.3, -0.25) is 4.90 Å². The molecule has 0 spiro atoms. The van der Waals surface area contributed by atoms with Gasteiger partial charge in [0.2, 0.25) is 0 Å². The highest BCUT2D eigenvalue weighted by Crippen LogP contribution is 2.34. The molecule has 1 atom stereocenters. The molecule has 1 aromatic carbocycles. The Bertz CT molecular complexity index is 668. The Labute approximate surface area is 143 Å². The van der Waals surface area contributed by atoms with E-state index in [0.29, 0.717) is 18.4 Å². The zero-order chi connectivity index (χ0) is 16.9. The second-order valence-corrected chi connectivity index (χ2v) is 6.33. The van der Waals surface area contributed by atoms with Crippen molar-refractivity contribution in [2.45, 2.75) is 52.1 Å². The largest absolute Gasteiger partial charge is 0.504 e. The van der Waals surface area contributed by atoms with Crippen LogP contribution < -0.4 is 4.74 Å². The second kappa shape index (κ2) is 7.71. The summed E-state index contributed by atoms with van der Waals surface area (Å²) in [6.45, 7) is 6.47. The monoisotopic (exact) mass is 330 g/mol. The minimum absolute atomic E-state index is 0.194. The summed E-state index contributed by atoms with van der Waals surface area (Å²) in [7, 11) is 0. The van der Waals surface area contributed by atoms with Crippen LogP contribution in [0.5, 0.6) is 11.5 Å². The first-order chi connectivity index (χ1) is 11.7. The average Bonchev–Trinajstić information content (AvgIpc) is 3.20. The van der Waals surface area contributed by atoms with Gasteiger partial charge in [0.05, 0.1) is 12.6 Å². The van der Waals surface area contributed by atoms with E-state index in [1.165, 1.54) is 0 Å². The molecule has 24 heavy (non-hydrogen) atoms. The Morgan fingerprint density at radius 1 is 1.33 bits per heavy atom. The van der Waals surface area contributed by atoms with Crippen molar-refractivity contribution in [3.8, 4) is 11.5 Å². The van der Waals surface area contributed by atoms with Crippen LogP contribution in [0.3, 0.4) is 0 Å². The maximum Gasteiger partial charge on any atom is 0.161 e. The molecule has 3 rings (SSSR count). The van der Waals surface area contributed by atoms with Gasteiger partial charge in [-0.15, -0.1) is 0 Å². The highest BCUT2D eigenvalue weighted by Gasteiger charge is 2.28. The lowest BCUT2D eigenvalue weighted by Gasteiger charge is -2.23. The lowest BCUT2D eigenvalue weighted by Crippen LogP contribution is -2.23. The van der Waals surface area contributed by atoms with Crippen molar-refractivity contribution in [3.63, 3.8) is 0 Å². The Balaban J connectivity index is 1.72. The third-order valence-electron chi connectivity index (χ3n) is 4.49. The molecule has 1 aliphatic rings. The van der Waals surface area contributed by atoms with E-state index in [1.54, 1.807) is 6.07 Å². The maximum absolute atomic E-state index is 9.85. The molecule has 0 radical (unpaired) electrons. The van der Waals surface area contributed by atoms with Crippen LogP contribution in [0.2, 0.25) is 0 Å². The molecule has 130 valence electrons. The fourth-order valence-electron chi connectivity index (χ4n) is 3.36. The number of aromatic nitrogens is 1. The summed E-state index contributed by atoms with van der Waals surface area (Å²) >= 11 is 0. The molecule has 0 amide bonds. The summed E-state index contributed by atoms with van der Waals surface area (Å²) in [6, 6.07) is 8.01. The maximum atomic E-state index is 9.85. The van der Waals surface area contributed by atoms with Crippen molar-refractivity contribution >= 4 is 0 Å². The van der Waals surface area contributed by atoms with Crippen LogP contribution in [-0.4, -0.2) is 28.3 Å². The van der Waals surface area contributed by atoms with E-state index < -0.39 is 0 Å². The molecular weight excluding hydrogens is 304 g/mol. The number of hydrogen-bond donors (Lipinski definition) is 1. The van der Waals surface area contributed by atoms with Crippen molar-refractivity contribution in [3.05, 3.63) is 41.3 Å². The topological polar surface area (TPSA) is 58.7 Å².